The Bertz CT molecular complexity index is 962. The van der Waals surface area contributed by atoms with Crippen molar-refractivity contribution in [1.29, 1.82) is 0 Å². The predicted molar refractivity (Wildman–Crippen MR) is 117 cm³/mol. The van der Waals surface area contributed by atoms with E-state index < -0.39 is 17.9 Å². The van der Waals surface area contributed by atoms with Crippen LogP contribution in [0, 0.1) is 0 Å². The molecule has 0 bridgehead atoms. The number of carbonyl (C=O) groups excluding carboxylic acids is 2. The molecule has 28 heavy (non-hydrogen) atoms. The number of hydrogen-bond donors (Lipinski definition) is 1. The quantitative estimate of drug-likeness (QED) is 0.383. The molecule has 1 aliphatic heterocycles. The van der Waals surface area contributed by atoms with Crippen molar-refractivity contribution in [3.8, 4) is 5.75 Å². The zero-order valence-electron chi connectivity index (χ0n) is 14.8. The van der Waals surface area contributed by atoms with E-state index in [9.17, 15) is 14.7 Å². The van der Waals surface area contributed by atoms with Crippen LogP contribution < -0.4 is 0 Å². The summed E-state index contributed by atoms with van der Waals surface area (Å²) in [5.41, 5.74) is 1.09. The first-order valence-electron chi connectivity index (χ1n) is 8.39. The van der Waals surface area contributed by atoms with Crippen LogP contribution in [0.1, 0.15) is 24.1 Å². The van der Waals surface area contributed by atoms with Crippen LogP contribution in [0.4, 0.5) is 0 Å². The first-order valence-corrected chi connectivity index (χ1v) is 10.4. The van der Waals surface area contributed by atoms with E-state index in [0.29, 0.717) is 16.0 Å². The Balaban J connectivity index is 2.00. The van der Waals surface area contributed by atoms with Crippen LogP contribution in [0.25, 0.3) is 6.08 Å². The second-order valence-corrected chi connectivity index (χ2v) is 8.41. The standard InChI is InChI=1S/C20H16BrNO4S2/c1-2-26-19(25)17(12-6-4-3-5-7-12)22-18(24)16(28-20(22)27)11-13-10-14(21)8-9-15(13)23/h3-11,17,23H,2H2,1H3/b16-11+. The van der Waals surface area contributed by atoms with Gasteiger partial charge in [-0.2, -0.15) is 0 Å². The van der Waals surface area contributed by atoms with Crippen LogP contribution in [0.5, 0.6) is 5.75 Å². The SMILES string of the molecule is CCOC(=O)C(c1ccccc1)N1C(=O)/C(=C\c2cc(Br)ccc2O)SC1=S. The minimum Gasteiger partial charge on any atom is -0.507 e. The molecule has 1 heterocycles. The molecule has 1 N–H and O–H groups in total. The summed E-state index contributed by atoms with van der Waals surface area (Å²) in [7, 11) is 0. The lowest BCUT2D eigenvalue weighted by Gasteiger charge is -2.25. The van der Waals surface area contributed by atoms with Gasteiger partial charge in [0, 0.05) is 10.0 Å². The largest absolute Gasteiger partial charge is 0.507 e. The van der Waals surface area contributed by atoms with Crippen LogP contribution in [0.15, 0.2) is 57.9 Å². The van der Waals surface area contributed by atoms with E-state index in [4.69, 9.17) is 17.0 Å². The van der Waals surface area contributed by atoms with E-state index in [1.54, 1.807) is 49.4 Å². The summed E-state index contributed by atoms with van der Waals surface area (Å²) in [6, 6.07) is 12.9. The fourth-order valence-corrected chi connectivity index (χ4v) is 4.41. The Morgan fingerprint density at radius 2 is 2.04 bits per heavy atom. The van der Waals surface area contributed by atoms with E-state index >= 15 is 0 Å². The van der Waals surface area contributed by atoms with Gasteiger partial charge in [-0.25, -0.2) is 4.79 Å². The number of carbonyl (C=O) groups is 2. The smallest absolute Gasteiger partial charge is 0.333 e. The highest BCUT2D eigenvalue weighted by Crippen LogP contribution is 2.39. The van der Waals surface area contributed by atoms with Crippen LogP contribution in [-0.4, -0.2) is 32.8 Å². The normalized spacial score (nSPS) is 16.5. The summed E-state index contributed by atoms with van der Waals surface area (Å²) in [6.07, 6.45) is 1.56. The molecule has 2 aromatic rings. The monoisotopic (exact) mass is 477 g/mol. The molecule has 8 heteroatoms. The van der Waals surface area contributed by atoms with E-state index in [1.807, 2.05) is 6.07 Å². The molecule has 1 saturated heterocycles. The third-order valence-electron chi connectivity index (χ3n) is 3.98. The summed E-state index contributed by atoms with van der Waals surface area (Å²) in [4.78, 5) is 27.3. The van der Waals surface area contributed by atoms with Crippen LogP contribution in [0.2, 0.25) is 0 Å². The summed E-state index contributed by atoms with van der Waals surface area (Å²) >= 11 is 9.83. The van der Waals surface area contributed by atoms with Crippen LogP contribution in [0.3, 0.4) is 0 Å². The van der Waals surface area contributed by atoms with E-state index in [2.05, 4.69) is 15.9 Å². The van der Waals surface area contributed by atoms with Gasteiger partial charge in [-0.05, 0) is 36.8 Å². The summed E-state index contributed by atoms with van der Waals surface area (Å²) < 4.78 is 6.21. The zero-order chi connectivity index (χ0) is 20.3. The topological polar surface area (TPSA) is 66.8 Å². The highest BCUT2D eigenvalue weighted by molar-refractivity contribution is 9.10. The van der Waals surface area contributed by atoms with Gasteiger partial charge in [0.25, 0.3) is 5.91 Å². The first-order chi connectivity index (χ1) is 13.4. The summed E-state index contributed by atoms with van der Waals surface area (Å²) in [5.74, 6) is -0.911. The predicted octanol–water partition coefficient (Wildman–Crippen LogP) is 4.66. The molecule has 1 aliphatic rings. The third-order valence-corrected chi connectivity index (χ3v) is 5.81. The number of rotatable bonds is 5. The van der Waals surface area contributed by atoms with E-state index in [-0.39, 0.29) is 16.7 Å². The first kappa shape index (κ1) is 20.6. The van der Waals surface area contributed by atoms with Gasteiger partial charge in [-0.15, -0.1) is 0 Å². The highest BCUT2D eigenvalue weighted by atomic mass is 79.9. The minimum atomic E-state index is -0.962. The van der Waals surface area contributed by atoms with Gasteiger partial charge in [0.2, 0.25) is 0 Å². The van der Waals surface area contributed by atoms with E-state index in [1.165, 1.54) is 11.0 Å². The molecule has 1 unspecified atom stereocenters. The van der Waals surface area contributed by atoms with Gasteiger partial charge in [-0.1, -0.05) is 70.2 Å². The highest BCUT2D eigenvalue weighted by Gasteiger charge is 2.42. The Morgan fingerprint density at radius 1 is 1.32 bits per heavy atom. The molecular formula is C20H16BrNO4S2. The van der Waals surface area contributed by atoms with Crippen molar-refractivity contribution in [2.75, 3.05) is 6.61 Å². The third kappa shape index (κ3) is 4.29. The number of thiocarbonyl (C=S) groups is 1. The molecule has 144 valence electrons. The number of ether oxygens (including phenoxy) is 1. The molecular weight excluding hydrogens is 462 g/mol. The second kappa shape index (κ2) is 8.89. The number of thioether (sulfide) groups is 1. The number of aromatic hydroxyl groups is 1. The van der Waals surface area contributed by atoms with Crippen molar-refractivity contribution in [1.82, 2.24) is 4.90 Å². The van der Waals surface area contributed by atoms with Gasteiger partial charge in [0.1, 0.15) is 10.1 Å². The van der Waals surface area contributed by atoms with Gasteiger partial charge in [0.15, 0.2) is 6.04 Å². The van der Waals surface area contributed by atoms with Crippen molar-refractivity contribution < 1.29 is 19.4 Å². The number of esters is 1. The number of hydrogen-bond acceptors (Lipinski definition) is 6. The molecule has 0 saturated carbocycles. The maximum Gasteiger partial charge on any atom is 0.333 e. The zero-order valence-corrected chi connectivity index (χ0v) is 18.0. The van der Waals surface area contributed by atoms with Gasteiger partial charge in [0.05, 0.1) is 11.5 Å². The van der Waals surface area contributed by atoms with Crippen molar-refractivity contribution in [2.45, 2.75) is 13.0 Å². The lowest BCUT2D eigenvalue weighted by Crippen LogP contribution is -2.38. The molecule has 1 amide bonds. The van der Waals surface area contributed by atoms with E-state index in [0.717, 1.165) is 16.2 Å². The number of amides is 1. The number of phenols is 1. The van der Waals surface area contributed by atoms with Gasteiger partial charge in [-0.3, -0.25) is 9.69 Å². The maximum atomic E-state index is 13.1. The average molecular weight is 478 g/mol. The number of halogens is 1. The second-order valence-electron chi connectivity index (χ2n) is 5.82. The van der Waals surface area contributed by atoms with Gasteiger partial charge >= 0.3 is 5.97 Å². The lowest BCUT2D eigenvalue weighted by molar-refractivity contribution is -0.151. The molecule has 0 radical (unpaired) electrons. The Labute approximate surface area is 180 Å². The Hall–Kier alpha value is -2.16. The molecule has 0 aliphatic carbocycles. The lowest BCUT2D eigenvalue weighted by atomic mass is 10.1. The van der Waals surface area contributed by atoms with Crippen molar-refractivity contribution in [3.05, 3.63) is 69.0 Å². The molecule has 5 nitrogen and oxygen atoms in total. The average Bonchev–Trinajstić information content (AvgIpc) is 2.94. The van der Waals surface area contributed by atoms with Crippen molar-refractivity contribution >= 4 is 62.2 Å². The maximum absolute atomic E-state index is 13.1. The fraction of sp³-hybridized carbons (Fsp3) is 0.150. The summed E-state index contributed by atoms with van der Waals surface area (Å²) in [5, 5.41) is 10.1. The fourth-order valence-electron chi connectivity index (χ4n) is 2.73. The molecule has 0 spiro atoms. The molecule has 3 rings (SSSR count). The molecule has 1 atom stereocenters. The number of benzene rings is 2. The molecule has 2 aromatic carbocycles. The minimum absolute atomic E-state index is 0.0403. The summed E-state index contributed by atoms with van der Waals surface area (Å²) in [6.45, 7) is 1.90. The van der Waals surface area contributed by atoms with Crippen LogP contribution >= 0.6 is 39.9 Å². The Kier molecular flexibility index (Phi) is 6.53. The number of nitrogens with zero attached hydrogens (tertiary/aromatic N) is 1. The van der Waals surface area contributed by atoms with Gasteiger partial charge < -0.3 is 9.84 Å². The number of phenolic OH excluding ortho intramolecular Hbond substituents is 1. The van der Waals surface area contributed by atoms with Crippen molar-refractivity contribution in [2.24, 2.45) is 0 Å². The molecule has 0 aromatic heterocycles. The Morgan fingerprint density at radius 3 is 2.71 bits per heavy atom. The molecule has 1 fully saturated rings. The van der Waals surface area contributed by atoms with Crippen molar-refractivity contribution in [3.63, 3.8) is 0 Å². The van der Waals surface area contributed by atoms with Crippen LogP contribution in [-0.2, 0) is 14.3 Å².